The summed E-state index contributed by atoms with van der Waals surface area (Å²) in [4.78, 5) is 25.1. The van der Waals surface area contributed by atoms with Gasteiger partial charge in [-0.3, -0.25) is 4.79 Å². The van der Waals surface area contributed by atoms with Crippen LogP contribution in [0.15, 0.2) is 24.3 Å². The number of nitrogens with zero attached hydrogens (tertiary/aromatic N) is 1. The zero-order valence-electron chi connectivity index (χ0n) is 15.3. The van der Waals surface area contributed by atoms with Crippen molar-refractivity contribution in [2.75, 3.05) is 18.5 Å². The van der Waals surface area contributed by atoms with Crippen LogP contribution in [0.4, 0.5) is 5.00 Å². The number of benzene rings is 1. The molecule has 0 spiro atoms. The number of nitriles is 1. The van der Waals surface area contributed by atoms with E-state index in [9.17, 15) is 14.9 Å². The van der Waals surface area contributed by atoms with E-state index in [2.05, 4.69) is 18.3 Å². The maximum atomic E-state index is 12.1. The number of hydrogen-bond acceptors (Lipinski definition) is 6. The van der Waals surface area contributed by atoms with Crippen LogP contribution in [0.2, 0.25) is 5.02 Å². The van der Waals surface area contributed by atoms with E-state index in [1.54, 1.807) is 24.3 Å². The maximum Gasteiger partial charge on any atom is 0.344 e. The Morgan fingerprint density at radius 3 is 2.89 bits per heavy atom. The standard InChI is InChI=1S/C20H19ClN2O4S/c1-12-6-7-13-14(9-22)20(28-17(13)8-12)23-18(24)10-27-19(25)11-26-16-5-3-2-4-15(16)21/h2-5,12H,6-8,10-11H2,1H3,(H,23,24)/t12-/m0/s1. The third-order valence-corrected chi connectivity index (χ3v) is 5.90. The molecule has 146 valence electrons. The summed E-state index contributed by atoms with van der Waals surface area (Å²) in [6.45, 7) is 1.37. The van der Waals surface area contributed by atoms with Gasteiger partial charge in [-0.2, -0.15) is 5.26 Å². The Labute approximate surface area is 172 Å². The van der Waals surface area contributed by atoms with Crippen LogP contribution in [0.1, 0.15) is 29.3 Å². The molecule has 0 unspecified atom stereocenters. The topological polar surface area (TPSA) is 88.4 Å². The minimum Gasteiger partial charge on any atom is -0.480 e. The zero-order chi connectivity index (χ0) is 20.1. The van der Waals surface area contributed by atoms with E-state index < -0.39 is 18.5 Å². The third kappa shape index (κ3) is 4.83. The first kappa shape index (κ1) is 20.2. The summed E-state index contributed by atoms with van der Waals surface area (Å²) >= 11 is 7.37. The molecule has 0 saturated carbocycles. The van der Waals surface area contributed by atoms with Gasteiger partial charge in [0.15, 0.2) is 13.2 Å². The van der Waals surface area contributed by atoms with E-state index in [1.807, 2.05) is 0 Å². The first-order valence-electron chi connectivity index (χ1n) is 8.85. The lowest BCUT2D eigenvalue weighted by atomic mass is 9.89. The Bertz CT molecular complexity index is 935. The average molecular weight is 419 g/mol. The molecule has 1 amide bonds. The largest absolute Gasteiger partial charge is 0.480 e. The summed E-state index contributed by atoms with van der Waals surface area (Å²) in [5, 5.41) is 13.0. The number of ether oxygens (including phenoxy) is 2. The molecule has 0 saturated heterocycles. The highest BCUT2D eigenvalue weighted by molar-refractivity contribution is 7.16. The summed E-state index contributed by atoms with van der Waals surface area (Å²) in [6, 6.07) is 8.94. The molecule has 1 atom stereocenters. The molecular weight excluding hydrogens is 400 g/mol. The molecule has 0 fully saturated rings. The van der Waals surface area contributed by atoms with Crippen LogP contribution in [0.3, 0.4) is 0 Å². The Morgan fingerprint density at radius 1 is 1.36 bits per heavy atom. The SMILES string of the molecule is C[C@H]1CCc2c(sc(NC(=O)COC(=O)COc3ccccc3Cl)c2C#N)C1. The second-order valence-electron chi connectivity index (χ2n) is 6.60. The minimum atomic E-state index is -0.685. The fourth-order valence-electron chi connectivity index (χ4n) is 3.01. The van der Waals surface area contributed by atoms with Crippen LogP contribution >= 0.6 is 22.9 Å². The molecule has 1 aliphatic rings. The van der Waals surface area contributed by atoms with Gasteiger partial charge in [0.2, 0.25) is 0 Å². The molecule has 3 rings (SSSR count). The van der Waals surface area contributed by atoms with E-state index in [0.717, 1.165) is 29.7 Å². The molecule has 2 aromatic rings. The van der Waals surface area contributed by atoms with Crippen LogP contribution in [0.5, 0.6) is 5.75 Å². The van der Waals surface area contributed by atoms with Crippen molar-refractivity contribution < 1.29 is 19.1 Å². The molecule has 6 nitrogen and oxygen atoms in total. The van der Waals surface area contributed by atoms with Gasteiger partial charge in [0.25, 0.3) is 5.91 Å². The van der Waals surface area contributed by atoms with Crippen molar-refractivity contribution >= 4 is 39.8 Å². The first-order chi connectivity index (χ1) is 13.5. The van der Waals surface area contributed by atoms with E-state index in [-0.39, 0.29) is 6.61 Å². The van der Waals surface area contributed by atoms with Crippen LogP contribution in [0, 0.1) is 17.2 Å². The van der Waals surface area contributed by atoms with Crippen molar-refractivity contribution in [2.45, 2.75) is 26.2 Å². The molecule has 1 aliphatic carbocycles. The summed E-state index contributed by atoms with van der Waals surface area (Å²) in [5.41, 5.74) is 1.56. The predicted molar refractivity (Wildman–Crippen MR) is 107 cm³/mol. The number of esters is 1. The van der Waals surface area contributed by atoms with Gasteiger partial charge >= 0.3 is 5.97 Å². The summed E-state index contributed by atoms with van der Waals surface area (Å²) in [5.74, 6) is -0.243. The van der Waals surface area contributed by atoms with Crippen LogP contribution in [-0.4, -0.2) is 25.1 Å². The minimum absolute atomic E-state index is 0.356. The number of nitrogens with one attached hydrogen (secondary N) is 1. The van der Waals surface area contributed by atoms with Crippen molar-refractivity contribution in [1.82, 2.24) is 0 Å². The second kappa shape index (κ2) is 9.09. The van der Waals surface area contributed by atoms with E-state index >= 15 is 0 Å². The summed E-state index contributed by atoms with van der Waals surface area (Å²) in [6.07, 6.45) is 2.80. The Balaban J connectivity index is 1.51. The van der Waals surface area contributed by atoms with Crippen LogP contribution in [-0.2, 0) is 27.2 Å². The number of rotatable bonds is 6. The lowest BCUT2D eigenvalue weighted by Crippen LogP contribution is -2.23. The molecule has 1 N–H and O–H groups in total. The quantitative estimate of drug-likeness (QED) is 0.717. The number of halogens is 1. The van der Waals surface area contributed by atoms with Gasteiger partial charge in [-0.1, -0.05) is 30.7 Å². The van der Waals surface area contributed by atoms with E-state index in [0.29, 0.717) is 27.3 Å². The predicted octanol–water partition coefficient (Wildman–Crippen LogP) is 3.96. The molecule has 1 aromatic carbocycles. The van der Waals surface area contributed by atoms with Gasteiger partial charge in [0.1, 0.15) is 16.8 Å². The smallest absolute Gasteiger partial charge is 0.344 e. The molecule has 28 heavy (non-hydrogen) atoms. The third-order valence-electron chi connectivity index (χ3n) is 4.42. The monoisotopic (exact) mass is 418 g/mol. The molecular formula is C20H19ClN2O4S. The van der Waals surface area contributed by atoms with E-state index in [1.165, 1.54) is 11.3 Å². The second-order valence-corrected chi connectivity index (χ2v) is 8.11. The van der Waals surface area contributed by atoms with Crippen molar-refractivity contribution in [3.8, 4) is 11.8 Å². The number of carbonyl (C=O) groups is 2. The molecule has 1 heterocycles. The zero-order valence-corrected chi connectivity index (χ0v) is 16.9. The number of carbonyl (C=O) groups excluding carboxylic acids is 2. The number of para-hydroxylation sites is 1. The van der Waals surface area contributed by atoms with Crippen molar-refractivity contribution in [3.05, 3.63) is 45.3 Å². The lowest BCUT2D eigenvalue weighted by molar-refractivity contribution is -0.149. The number of anilines is 1. The highest BCUT2D eigenvalue weighted by atomic mass is 35.5. The Morgan fingerprint density at radius 2 is 2.14 bits per heavy atom. The molecule has 0 radical (unpaired) electrons. The Hall–Kier alpha value is -2.56. The van der Waals surface area contributed by atoms with Crippen LogP contribution in [0.25, 0.3) is 0 Å². The van der Waals surface area contributed by atoms with Crippen molar-refractivity contribution in [2.24, 2.45) is 5.92 Å². The normalized spacial score (nSPS) is 15.2. The van der Waals surface area contributed by atoms with Gasteiger partial charge in [0.05, 0.1) is 10.6 Å². The molecule has 1 aromatic heterocycles. The van der Waals surface area contributed by atoms with Gasteiger partial charge in [0, 0.05) is 4.88 Å². The number of fused-ring (bicyclic) bond motifs is 1. The fourth-order valence-corrected chi connectivity index (χ4v) is 4.57. The molecule has 8 heteroatoms. The van der Waals surface area contributed by atoms with E-state index in [4.69, 9.17) is 21.1 Å². The van der Waals surface area contributed by atoms with Crippen molar-refractivity contribution in [1.29, 1.82) is 5.26 Å². The Kier molecular flexibility index (Phi) is 6.55. The fraction of sp³-hybridized carbons (Fsp3) is 0.350. The van der Waals surface area contributed by atoms with Gasteiger partial charge in [-0.05, 0) is 42.9 Å². The number of hydrogen-bond donors (Lipinski definition) is 1. The number of thiophene rings is 1. The lowest BCUT2D eigenvalue weighted by Gasteiger charge is -2.17. The average Bonchev–Trinajstić information content (AvgIpc) is 3.01. The van der Waals surface area contributed by atoms with Crippen LogP contribution < -0.4 is 10.1 Å². The first-order valence-corrected chi connectivity index (χ1v) is 10.0. The molecule has 0 bridgehead atoms. The highest BCUT2D eigenvalue weighted by Gasteiger charge is 2.24. The van der Waals surface area contributed by atoms with Gasteiger partial charge in [-0.25, -0.2) is 4.79 Å². The highest BCUT2D eigenvalue weighted by Crippen LogP contribution is 2.39. The maximum absolute atomic E-state index is 12.1. The summed E-state index contributed by atoms with van der Waals surface area (Å²) in [7, 11) is 0. The van der Waals surface area contributed by atoms with Gasteiger partial charge in [-0.15, -0.1) is 11.3 Å². The summed E-state index contributed by atoms with van der Waals surface area (Å²) < 4.78 is 10.2. The number of amides is 1. The van der Waals surface area contributed by atoms with Crippen molar-refractivity contribution in [3.63, 3.8) is 0 Å². The van der Waals surface area contributed by atoms with Gasteiger partial charge < -0.3 is 14.8 Å². The molecule has 0 aliphatic heterocycles.